The first kappa shape index (κ1) is 6.40. The zero-order valence-electron chi connectivity index (χ0n) is 6.19. The first-order chi connectivity index (χ1) is 5.29. The number of hydrogen-bond donors (Lipinski definition) is 1. The molecule has 0 saturated heterocycles. The maximum Gasteiger partial charge on any atom is 0.148 e. The second-order valence-corrected chi connectivity index (χ2v) is 2.63. The second kappa shape index (κ2) is 2.09. The number of hydrogen-bond acceptors (Lipinski definition) is 0. The Bertz CT molecular complexity index is 389. The van der Waals surface area contributed by atoms with Gasteiger partial charge in [-0.3, -0.25) is 0 Å². The number of aromatic nitrogens is 1. The van der Waals surface area contributed by atoms with Gasteiger partial charge in [0.1, 0.15) is 5.82 Å². The van der Waals surface area contributed by atoms with Crippen molar-refractivity contribution in [2.24, 2.45) is 0 Å². The van der Waals surface area contributed by atoms with E-state index in [4.69, 9.17) is 0 Å². The van der Waals surface area contributed by atoms with Gasteiger partial charge in [-0.2, -0.15) is 0 Å². The van der Waals surface area contributed by atoms with Crippen molar-refractivity contribution >= 4 is 10.9 Å². The van der Waals surface area contributed by atoms with Crippen molar-refractivity contribution in [2.75, 3.05) is 0 Å². The number of para-hydroxylation sites is 1. The topological polar surface area (TPSA) is 15.8 Å². The molecular weight excluding hydrogens is 141 g/mol. The third-order valence-electron chi connectivity index (χ3n) is 1.87. The summed E-state index contributed by atoms with van der Waals surface area (Å²) < 4.78 is 12.9. The van der Waals surface area contributed by atoms with Crippen LogP contribution in [0.15, 0.2) is 24.4 Å². The van der Waals surface area contributed by atoms with Crippen LogP contribution in [-0.4, -0.2) is 4.98 Å². The molecule has 0 atom stereocenters. The molecule has 1 heterocycles. The number of aromatic amines is 1. The van der Waals surface area contributed by atoms with E-state index in [1.165, 1.54) is 6.20 Å². The van der Waals surface area contributed by atoms with E-state index in [9.17, 15) is 4.39 Å². The van der Waals surface area contributed by atoms with Gasteiger partial charge >= 0.3 is 0 Å². The Balaban J connectivity index is 2.94. The van der Waals surface area contributed by atoms with Crippen LogP contribution in [-0.2, 0) is 0 Å². The van der Waals surface area contributed by atoms with E-state index in [2.05, 4.69) is 4.98 Å². The molecule has 0 unspecified atom stereocenters. The van der Waals surface area contributed by atoms with E-state index in [0.717, 1.165) is 11.1 Å². The lowest BCUT2D eigenvalue weighted by Gasteiger charge is -1.92. The molecule has 0 aliphatic rings. The van der Waals surface area contributed by atoms with Crippen LogP contribution in [0.1, 0.15) is 5.56 Å². The molecule has 0 fully saturated rings. The molecule has 2 heteroatoms. The molecule has 0 amide bonds. The molecule has 11 heavy (non-hydrogen) atoms. The number of benzene rings is 1. The first-order valence-corrected chi connectivity index (χ1v) is 3.51. The third kappa shape index (κ3) is 0.827. The molecule has 1 nitrogen and oxygen atoms in total. The molecular formula is C9H8FN. The van der Waals surface area contributed by atoms with Gasteiger partial charge in [-0.15, -0.1) is 0 Å². The highest BCUT2D eigenvalue weighted by atomic mass is 19.1. The molecule has 56 valence electrons. The van der Waals surface area contributed by atoms with E-state index < -0.39 is 0 Å². The smallest absolute Gasteiger partial charge is 0.148 e. The fraction of sp³-hybridized carbons (Fsp3) is 0.111. The Morgan fingerprint density at radius 1 is 1.36 bits per heavy atom. The van der Waals surface area contributed by atoms with Crippen LogP contribution in [0.4, 0.5) is 4.39 Å². The fourth-order valence-corrected chi connectivity index (χ4v) is 1.27. The summed E-state index contributed by atoms with van der Waals surface area (Å²) in [6.07, 6.45) is 1.39. The number of nitrogens with one attached hydrogen (secondary N) is 1. The van der Waals surface area contributed by atoms with Gasteiger partial charge in [0.15, 0.2) is 0 Å². The van der Waals surface area contributed by atoms with Gasteiger partial charge in [0.25, 0.3) is 0 Å². The lowest BCUT2D eigenvalue weighted by Crippen LogP contribution is -1.74. The summed E-state index contributed by atoms with van der Waals surface area (Å²) in [6.45, 7) is 1.96. The van der Waals surface area contributed by atoms with Crippen LogP contribution in [0.5, 0.6) is 0 Å². The van der Waals surface area contributed by atoms with Gasteiger partial charge in [-0.05, 0) is 18.6 Å². The van der Waals surface area contributed by atoms with Crippen LogP contribution in [0, 0.1) is 12.7 Å². The van der Waals surface area contributed by atoms with Gasteiger partial charge in [0, 0.05) is 11.6 Å². The van der Waals surface area contributed by atoms with Crippen LogP contribution in [0.3, 0.4) is 0 Å². The Kier molecular flexibility index (Phi) is 1.22. The van der Waals surface area contributed by atoms with Gasteiger partial charge in [0.05, 0.1) is 5.52 Å². The number of rotatable bonds is 0. The lowest BCUT2D eigenvalue weighted by molar-refractivity contribution is 0.639. The molecule has 0 bridgehead atoms. The van der Waals surface area contributed by atoms with Crippen molar-refractivity contribution in [1.29, 1.82) is 0 Å². The molecule has 0 aliphatic carbocycles. The highest BCUT2D eigenvalue weighted by Crippen LogP contribution is 2.18. The highest BCUT2D eigenvalue weighted by Gasteiger charge is 2.02. The number of halogens is 1. The van der Waals surface area contributed by atoms with Crippen molar-refractivity contribution in [3.05, 3.63) is 35.8 Å². The van der Waals surface area contributed by atoms with Gasteiger partial charge in [-0.1, -0.05) is 12.1 Å². The normalized spacial score (nSPS) is 10.7. The van der Waals surface area contributed by atoms with Gasteiger partial charge < -0.3 is 4.98 Å². The fourth-order valence-electron chi connectivity index (χ4n) is 1.27. The molecule has 1 aromatic carbocycles. The Morgan fingerprint density at radius 2 is 2.18 bits per heavy atom. The van der Waals surface area contributed by atoms with Crippen molar-refractivity contribution in [3.63, 3.8) is 0 Å². The molecule has 0 aliphatic heterocycles. The molecule has 2 rings (SSSR count). The molecule has 0 spiro atoms. The zero-order valence-corrected chi connectivity index (χ0v) is 6.19. The van der Waals surface area contributed by atoms with Crippen molar-refractivity contribution in [3.8, 4) is 0 Å². The summed E-state index contributed by atoms with van der Waals surface area (Å²) in [6, 6.07) is 5.58. The summed E-state index contributed by atoms with van der Waals surface area (Å²) in [5.41, 5.74) is 1.97. The summed E-state index contributed by atoms with van der Waals surface area (Å²) in [4.78, 5) is 2.88. The Morgan fingerprint density at radius 3 is 2.91 bits per heavy atom. The maximum absolute atomic E-state index is 12.9. The highest BCUT2D eigenvalue weighted by molar-refractivity contribution is 5.82. The van der Waals surface area contributed by atoms with Crippen LogP contribution in [0.25, 0.3) is 10.9 Å². The van der Waals surface area contributed by atoms with Crippen molar-refractivity contribution in [1.82, 2.24) is 4.98 Å². The van der Waals surface area contributed by atoms with E-state index in [1.54, 1.807) is 6.07 Å². The van der Waals surface area contributed by atoms with Crippen LogP contribution in [0.2, 0.25) is 0 Å². The summed E-state index contributed by atoms with van der Waals surface area (Å²) >= 11 is 0. The van der Waals surface area contributed by atoms with Crippen LogP contribution >= 0.6 is 0 Å². The average molecular weight is 149 g/mol. The minimum Gasteiger partial charge on any atom is -0.358 e. The summed E-state index contributed by atoms with van der Waals surface area (Å²) in [5, 5.41) is 0.671. The minimum absolute atomic E-state index is 0.177. The van der Waals surface area contributed by atoms with E-state index >= 15 is 0 Å². The number of aryl methyl sites for hydroxylation is 1. The zero-order chi connectivity index (χ0) is 7.84. The van der Waals surface area contributed by atoms with Crippen LogP contribution < -0.4 is 0 Å². The molecule has 1 aromatic heterocycles. The lowest BCUT2D eigenvalue weighted by atomic mass is 10.2. The molecule has 2 aromatic rings. The monoisotopic (exact) mass is 149 g/mol. The van der Waals surface area contributed by atoms with E-state index in [0.29, 0.717) is 5.39 Å². The standard InChI is InChI=1S/C9H8FN/c1-6-3-2-4-7-8(10)5-11-9(6)7/h2-5,11H,1H3. The largest absolute Gasteiger partial charge is 0.358 e. The second-order valence-electron chi connectivity index (χ2n) is 2.63. The molecule has 0 radical (unpaired) electrons. The molecule has 0 saturated carbocycles. The quantitative estimate of drug-likeness (QED) is 0.592. The van der Waals surface area contributed by atoms with E-state index in [-0.39, 0.29) is 5.82 Å². The van der Waals surface area contributed by atoms with E-state index in [1.807, 2.05) is 19.1 Å². The summed E-state index contributed by atoms with van der Waals surface area (Å²) in [7, 11) is 0. The van der Waals surface area contributed by atoms with Gasteiger partial charge in [-0.25, -0.2) is 4.39 Å². The van der Waals surface area contributed by atoms with Gasteiger partial charge in [0.2, 0.25) is 0 Å². The third-order valence-corrected chi connectivity index (χ3v) is 1.87. The average Bonchev–Trinajstić information content (AvgIpc) is 2.35. The minimum atomic E-state index is -0.177. The summed E-state index contributed by atoms with van der Waals surface area (Å²) in [5.74, 6) is -0.177. The predicted octanol–water partition coefficient (Wildman–Crippen LogP) is 2.62. The van der Waals surface area contributed by atoms with Crippen molar-refractivity contribution < 1.29 is 4.39 Å². The SMILES string of the molecule is Cc1cccc2c(F)c[nH]c12. The number of H-pyrrole nitrogens is 1. The first-order valence-electron chi connectivity index (χ1n) is 3.51. The number of fused-ring (bicyclic) bond motifs is 1. The Hall–Kier alpha value is -1.31. The molecule has 1 N–H and O–H groups in total. The van der Waals surface area contributed by atoms with Crippen molar-refractivity contribution in [2.45, 2.75) is 6.92 Å². The Labute approximate surface area is 63.9 Å². The predicted molar refractivity (Wildman–Crippen MR) is 43.0 cm³/mol. The maximum atomic E-state index is 12.9.